The molecule has 1 saturated heterocycles. The molecule has 8 heteroatoms. The van der Waals surface area contributed by atoms with E-state index in [0.29, 0.717) is 5.69 Å². The van der Waals surface area contributed by atoms with Gasteiger partial charge in [-0.25, -0.2) is 0 Å². The lowest BCUT2D eigenvalue weighted by Gasteiger charge is -2.18. The van der Waals surface area contributed by atoms with Gasteiger partial charge in [0.15, 0.2) is 6.61 Å². The molecule has 0 aromatic heterocycles. The lowest BCUT2D eigenvalue weighted by atomic mass is 10.1. The predicted octanol–water partition coefficient (Wildman–Crippen LogP) is 4.64. The Hall–Kier alpha value is -2.87. The number of benzene rings is 2. The molecule has 176 valence electrons. The molecule has 1 fully saturated rings. The summed E-state index contributed by atoms with van der Waals surface area (Å²) in [6.45, 7) is 7.61. The molecule has 0 radical (unpaired) electrons. The highest BCUT2D eigenvalue weighted by atomic mass is 79.9. The zero-order valence-electron chi connectivity index (χ0n) is 19.3. The molecule has 2 aromatic carbocycles. The fourth-order valence-electron chi connectivity index (χ4n) is 3.79. The van der Waals surface area contributed by atoms with Crippen LogP contribution in [0.2, 0.25) is 0 Å². The van der Waals surface area contributed by atoms with Gasteiger partial charge in [0, 0.05) is 28.8 Å². The Bertz CT molecular complexity index is 1040. The highest BCUT2D eigenvalue weighted by Gasteiger charge is 2.36. The van der Waals surface area contributed by atoms with Crippen LogP contribution in [-0.2, 0) is 25.5 Å². The van der Waals surface area contributed by atoms with Crippen molar-refractivity contribution < 1.29 is 23.9 Å². The van der Waals surface area contributed by atoms with Crippen LogP contribution in [0.4, 0.5) is 11.4 Å². The Morgan fingerprint density at radius 2 is 1.91 bits per heavy atom. The number of ether oxygens (including phenoxy) is 2. The summed E-state index contributed by atoms with van der Waals surface area (Å²) in [6.07, 6.45) is 0.860. The topological polar surface area (TPSA) is 84.9 Å². The smallest absolute Gasteiger partial charge is 0.311 e. The number of hydrogen-bond acceptors (Lipinski definition) is 5. The van der Waals surface area contributed by atoms with Crippen molar-refractivity contribution in [2.45, 2.75) is 46.6 Å². The summed E-state index contributed by atoms with van der Waals surface area (Å²) in [5, 5.41) is 2.84. The first-order chi connectivity index (χ1) is 15.7. The van der Waals surface area contributed by atoms with Gasteiger partial charge in [0.05, 0.1) is 12.0 Å². The van der Waals surface area contributed by atoms with Crippen LogP contribution in [0.5, 0.6) is 5.75 Å². The van der Waals surface area contributed by atoms with Gasteiger partial charge in [0.2, 0.25) is 5.91 Å². The number of carbonyl (C=O) groups excluding carboxylic acids is 3. The van der Waals surface area contributed by atoms with Crippen molar-refractivity contribution >= 4 is 45.1 Å². The molecule has 0 bridgehead atoms. The SMILES string of the molecule is CCc1cc(Br)cc(C)c1NC(=O)COC(=O)[C@@H]1CC(=O)N(c2ccc(OC(C)C)cc2)C1. The number of halogens is 1. The number of rotatable bonds is 8. The molecule has 0 saturated carbocycles. The minimum Gasteiger partial charge on any atom is -0.491 e. The van der Waals surface area contributed by atoms with Gasteiger partial charge in [0.25, 0.3) is 5.91 Å². The Morgan fingerprint density at radius 3 is 2.55 bits per heavy atom. The minimum atomic E-state index is -0.613. The fraction of sp³-hybridized carbons (Fsp3) is 0.400. The number of amides is 2. The Morgan fingerprint density at radius 1 is 1.21 bits per heavy atom. The molecule has 2 aromatic rings. The van der Waals surface area contributed by atoms with Crippen LogP contribution < -0.4 is 15.0 Å². The molecule has 0 aliphatic carbocycles. The first kappa shape index (κ1) is 24.8. The average Bonchev–Trinajstić information content (AvgIpc) is 3.15. The minimum absolute atomic E-state index is 0.0521. The van der Waals surface area contributed by atoms with E-state index in [1.807, 2.05) is 39.8 Å². The van der Waals surface area contributed by atoms with Gasteiger partial charge in [-0.05, 0) is 74.7 Å². The maximum absolute atomic E-state index is 12.5. The van der Waals surface area contributed by atoms with Crippen LogP contribution in [0.1, 0.15) is 38.3 Å². The van der Waals surface area contributed by atoms with Gasteiger partial charge in [-0.3, -0.25) is 14.4 Å². The van der Waals surface area contributed by atoms with Crippen molar-refractivity contribution in [1.82, 2.24) is 0 Å². The Kier molecular flexibility index (Phi) is 8.13. The maximum Gasteiger partial charge on any atom is 0.311 e. The second-order valence-electron chi connectivity index (χ2n) is 8.33. The van der Waals surface area contributed by atoms with Crippen molar-refractivity contribution in [3.63, 3.8) is 0 Å². The average molecular weight is 517 g/mol. The zero-order valence-corrected chi connectivity index (χ0v) is 20.9. The van der Waals surface area contributed by atoms with Crippen molar-refractivity contribution in [3.8, 4) is 5.75 Å². The molecule has 1 aliphatic rings. The van der Waals surface area contributed by atoms with Crippen molar-refractivity contribution in [2.24, 2.45) is 5.92 Å². The van der Waals surface area contributed by atoms with Crippen LogP contribution in [0, 0.1) is 12.8 Å². The maximum atomic E-state index is 12.5. The van der Waals surface area contributed by atoms with E-state index in [2.05, 4.69) is 21.2 Å². The van der Waals surface area contributed by atoms with Crippen LogP contribution in [0.25, 0.3) is 0 Å². The molecule has 3 rings (SSSR count). The highest BCUT2D eigenvalue weighted by molar-refractivity contribution is 9.10. The van der Waals surface area contributed by atoms with E-state index in [1.54, 1.807) is 29.2 Å². The van der Waals surface area contributed by atoms with E-state index >= 15 is 0 Å². The fourth-order valence-corrected chi connectivity index (χ4v) is 4.41. The standard InChI is InChI=1S/C25H29BrN2O5/c1-5-17-11-19(26)10-16(4)24(17)27-22(29)14-32-25(31)18-12-23(30)28(13-18)20-6-8-21(9-7-20)33-15(2)3/h6-11,15,18H,5,12-14H2,1-4H3,(H,27,29)/t18-/m1/s1. The summed E-state index contributed by atoms with van der Waals surface area (Å²) in [5.41, 5.74) is 3.34. The van der Waals surface area contributed by atoms with Crippen LogP contribution in [-0.4, -0.2) is 37.0 Å². The summed E-state index contributed by atoms with van der Waals surface area (Å²) < 4.78 is 11.8. The van der Waals surface area contributed by atoms with E-state index in [-0.39, 0.29) is 25.0 Å². The van der Waals surface area contributed by atoms with Crippen molar-refractivity contribution in [2.75, 3.05) is 23.4 Å². The third kappa shape index (κ3) is 6.35. The van der Waals surface area contributed by atoms with Crippen LogP contribution in [0.15, 0.2) is 40.9 Å². The molecule has 1 heterocycles. The quantitative estimate of drug-likeness (QED) is 0.516. The number of anilines is 2. The predicted molar refractivity (Wildman–Crippen MR) is 131 cm³/mol. The molecule has 0 spiro atoms. The first-order valence-electron chi connectivity index (χ1n) is 11.0. The molecule has 1 N–H and O–H groups in total. The monoisotopic (exact) mass is 516 g/mol. The highest BCUT2D eigenvalue weighted by Crippen LogP contribution is 2.28. The molecular weight excluding hydrogens is 488 g/mol. The van der Waals surface area contributed by atoms with E-state index in [4.69, 9.17) is 9.47 Å². The summed E-state index contributed by atoms with van der Waals surface area (Å²) in [4.78, 5) is 39.0. The Labute approximate surface area is 202 Å². The van der Waals surface area contributed by atoms with Gasteiger partial charge in [0.1, 0.15) is 5.75 Å². The van der Waals surface area contributed by atoms with E-state index < -0.39 is 24.4 Å². The number of carbonyl (C=O) groups is 3. The zero-order chi connectivity index (χ0) is 24.1. The van der Waals surface area contributed by atoms with Gasteiger partial charge in [-0.15, -0.1) is 0 Å². The molecule has 0 unspecified atom stereocenters. The molecular formula is C25H29BrN2O5. The number of aryl methyl sites for hydroxylation is 2. The lowest BCUT2D eigenvalue weighted by molar-refractivity contribution is -0.151. The first-order valence-corrected chi connectivity index (χ1v) is 11.8. The molecule has 1 aliphatic heterocycles. The number of esters is 1. The Balaban J connectivity index is 1.55. The summed E-state index contributed by atoms with van der Waals surface area (Å²) in [6, 6.07) is 11.1. The van der Waals surface area contributed by atoms with Crippen LogP contribution in [0.3, 0.4) is 0 Å². The molecule has 7 nitrogen and oxygen atoms in total. The van der Waals surface area contributed by atoms with E-state index in [0.717, 1.165) is 33.5 Å². The van der Waals surface area contributed by atoms with Crippen LogP contribution >= 0.6 is 15.9 Å². The molecule has 33 heavy (non-hydrogen) atoms. The largest absolute Gasteiger partial charge is 0.491 e. The molecule has 2 amide bonds. The second-order valence-corrected chi connectivity index (χ2v) is 9.25. The summed E-state index contributed by atoms with van der Waals surface area (Å²) >= 11 is 3.46. The number of nitrogens with one attached hydrogen (secondary N) is 1. The van der Waals surface area contributed by atoms with Gasteiger partial charge >= 0.3 is 5.97 Å². The van der Waals surface area contributed by atoms with Gasteiger partial charge in [-0.1, -0.05) is 22.9 Å². The number of nitrogens with zero attached hydrogens (tertiary/aromatic N) is 1. The van der Waals surface area contributed by atoms with Crippen molar-refractivity contribution in [1.29, 1.82) is 0 Å². The van der Waals surface area contributed by atoms with Crippen molar-refractivity contribution in [3.05, 3.63) is 52.0 Å². The summed E-state index contributed by atoms with van der Waals surface area (Å²) in [7, 11) is 0. The normalized spacial score (nSPS) is 15.6. The summed E-state index contributed by atoms with van der Waals surface area (Å²) in [5.74, 6) is -1.02. The molecule has 1 atom stereocenters. The second kappa shape index (κ2) is 10.8. The number of hydrogen-bond donors (Lipinski definition) is 1. The third-order valence-corrected chi connectivity index (χ3v) is 5.81. The lowest BCUT2D eigenvalue weighted by Crippen LogP contribution is -2.28. The van der Waals surface area contributed by atoms with Gasteiger partial charge in [-0.2, -0.15) is 0 Å². The van der Waals surface area contributed by atoms with E-state index in [1.165, 1.54) is 0 Å². The third-order valence-electron chi connectivity index (χ3n) is 5.35. The van der Waals surface area contributed by atoms with E-state index in [9.17, 15) is 14.4 Å². The van der Waals surface area contributed by atoms with Gasteiger partial charge < -0.3 is 19.7 Å².